The Morgan fingerprint density at radius 2 is 1.85 bits per heavy atom. The number of pyridine rings is 1. The van der Waals surface area contributed by atoms with Gasteiger partial charge in [-0.15, -0.1) is 0 Å². The monoisotopic (exact) mass is 346 g/mol. The van der Waals surface area contributed by atoms with Gasteiger partial charge < -0.3 is 5.32 Å². The van der Waals surface area contributed by atoms with E-state index in [1.807, 2.05) is 31.2 Å². The van der Waals surface area contributed by atoms with Crippen LogP contribution in [0.3, 0.4) is 0 Å². The van der Waals surface area contributed by atoms with Gasteiger partial charge in [0, 0.05) is 6.20 Å². The van der Waals surface area contributed by atoms with Crippen molar-refractivity contribution in [1.29, 1.82) is 0 Å². The van der Waals surface area contributed by atoms with E-state index in [2.05, 4.69) is 15.3 Å². The van der Waals surface area contributed by atoms with E-state index < -0.39 is 5.82 Å². The predicted octanol–water partition coefficient (Wildman–Crippen LogP) is 3.97. The van der Waals surface area contributed by atoms with E-state index in [-0.39, 0.29) is 10.9 Å². The summed E-state index contributed by atoms with van der Waals surface area (Å²) in [5, 5.41) is 3.41. The molecule has 0 unspecified atom stereocenters. The van der Waals surface area contributed by atoms with Crippen molar-refractivity contribution in [2.45, 2.75) is 6.92 Å². The van der Waals surface area contributed by atoms with Crippen molar-refractivity contribution in [2.75, 3.05) is 5.32 Å². The van der Waals surface area contributed by atoms with Gasteiger partial charge in [-0.05, 0) is 49.4 Å². The van der Waals surface area contributed by atoms with Crippen LogP contribution in [0.1, 0.15) is 5.69 Å². The number of nitrogens with one attached hydrogen (secondary N) is 1. The van der Waals surface area contributed by atoms with Crippen LogP contribution >= 0.6 is 0 Å². The van der Waals surface area contributed by atoms with E-state index in [0.29, 0.717) is 17.2 Å². The van der Waals surface area contributed by atoms with Gasteiger partial charge in [0.1, 0.15) is 5.82 Å². The highest BCUT2D eigenvalue weighted by atomic mass is 19.1. The smallest absolute Gasteiger partial charge is 0.267 e. The Balaban J connectivity index is 2.00. The summed E-state index contributed by atoms with van der Waals surface area (Å²) in [7, 11) is 0. The Labute approximate surface area is 148 Å². The predicted molar refractivity (Wildman–Crippen MR) is 99.6 cm³/mol. The van der Waals surface area contributed by atoms with Gasteiger partial charge in [-0.3, -0.25) is 9.78 Å². The maximum Gasteiger partial charge on any atom is 0.267 e. The number of fused-ring (bicyclic) bond motifs is 1. The molecule has 0 saturated heterocycles. The van der Waals surface area contributed by atoms with Crippen LogP contribution in [0, 0.1) is 12.7 Å². The lowest BCUT2D eigenvalue weighted by Gasteiger charge is -2.15. The number of rotatable bonds is 3. The lowest BCUT2D eigenvalue weighted by atomic mass is 10.2. The van der Waals surface area contributed by atoms with Crippen molar-refractivity contribution in [3.05, 3.63) is 88.7 Å². The van der Waals surface area contributed by atoms with E-state index in [0.717, 1.165) is 11.4 Å². The largest absolute Gasteiger partial charge is 0.324 e. The second kappa shape index (κ2) is 6.40. The number of anilines is 2. The molecule has 0 radical (unpaired) electrons. The maximum absolute atomic E-state index is 13.7. The highest BCUT2D eigenvalue weighted by Crippen LogP contribution is 2.21. The van der Waals surface area contributed by atoms with Crippen LogP contribution in [0.4, 0.5) is 16.0 Å². The number of benzene rings is 2. The number of aryl methyl sites for hydroxylation is 1. The van der Waals surface area contributed by atoms with E-state index in [4.69, 9.17) is 0 Å². The molecule has 5 nitrogen and oxygen atoms in total. The Hall–Kier alpha value is -3.54. The zero-order valence-corrected chi connectivity index (χ0v) is 14.0. The molecule has 2 aromatic heterocycles. The minimum atomic E-state index is -0.472. The van der Waals surface area contributed by atoms with Crippen LogP contribution in [0.2, 0.25) is 0 Å². The standard InChI is InChI=1S/C20H15FN4O/c1-13-17(8-5-11-22-13)23-20-24-18-10-9-14(21)12-16(18)19(26)25(20)15-6-3-2-4-7-15/h2-12H,1H3,(H,23,24). The van der Waals surface area contributed by atoms with Crippen LogP contribution in [0.5, 0.6) is 0 Å². The summed E-state index contributed by atoms with van der Waals surface area (Å²) in [5.41, 5.74) is 2.24. The Kier molecular flexibility index (Phi) is 3.93. The molecule has 0 amide bonds. The topological polar surface area (TPSA) is 59.8 Å². The highest BCUT2D eigenvalue weighted by molar-refractivity contribution is 5.80. The summed E-state index contributed by atoms with van der Waals surface area (Å²) in [6.07, 6.45) is 1.70. The molecule has 0 saturated carbocycles. The first-order valence-corrected chi connectivity index (χ1v) is 8.10. The molecule has 0 aliphatic carbocycles. The summed E-state index contributed by atoms with van der Waals surface area (Å²) in [4.78, 5) is 21.9. The van der Waals surface area contributed by atoms with Crippen LogP contribution in [-0.4, -0.2) is 14.5 Å². The number of hydrogen-bond donors (Lipinski definition) is 1. The van der Waals surface area contributed by atoms with E-state index in [1.54, 1.807) is 24.4 Å². The third-order valence-corrected chi connectivity index (χ3v) is 4.10. The van der Waals surface area contributed by atoms with Gasteiger partial charge in [0.15, 0.2) is 0 Å². The normalized spacial score (nSPS) is 10.8. The Morgan fingerprint density at radius 1 is 1.04 bits per heavy atom. The molecule has 0 aliphatic heterocycles. The van der Waals surface area contributed by atoms with Gasteiger partial charge in [0.25, 0.3) is 5.56 Å². The molecule has 2 heterocycles. The van der Waals surface area contributed by atoms with Gasteiger partial charge in [0.2, 0.25) is 5.95 Å². The summed E-state index contributed by atoms with van der Waals surface area (Å²) < 4.78 is 15.1. The summed E-state index contributed by atoms with van der Waals surface area (Å²) >= 11 is 0. The van der Waals surface area contributed by atoms with Gasteiger partial charge >= 0.3 is 0 Å². The molecule has 0 spiro atoms. The third kappa shape index (κ3) is 2.82. The van der Waals surface area contributed by atoms with Crippen molar-refractivity contribution >= 4 is 22.5 Å². The molecule has 6 heteroatoms. The quantitative estimate of drug-likeness (QED) is 0.610. The zero-order chi connectivity index (χ0) is 18.1. The van der Waals surface area contributed by atoms with Crippen molar-refractivity contribution < 1.29 is 4.39 Å². The fourth-order valence-electron chi connectivity index (χ4n) is 2.80. The molecule has 4 rings (SSSR count). The Bertz CT molecular complexity index is 1160. The van der Waals surface area contributed by atoms with Crippen LogP contribution < -0.4 is 10.9 Å². The van der Waals surface area contributed by atoms with E-state index in [1.165, 1.54) is 22.8 Å². The number of nitrogens with zero attached hydrogens (tertiary/aromatic N) is 3. The SMILES string of the molecule is Cc1ncccc1Nc1nc2ccc(F)cc2c(=O)n1-c1ccccc1. The summed E-state index contributed by atoms with van der Waals surface area (Å²) in [5.74, 6) is -0.128. The van der Waals surface area contributed by atoms with Gasteiger partial charge in [-0.2, -0.15) is 0 Å². The van der Waals surface area contributed by atoms with E-state index >= 15 is 0 Å². The van der Waals surface area contributed by atoms with E-state index in [9.17, 15) is 9.18 Å². The number of aromatic nitrogens is 3. The van der Waals surface area contributed by atoms with Gasteiger partial charge in [-0.25, -0.2) is 13.9 Å². The van der Waals surface area contributed by atoms with Gasteiger partial charge in [0.05, 0.1) is 28.0 Å². The first kappa shape index (κ1) is 16.0. The van der Waals surface area contributed by atoms with Crippen molar-refractivity contribution in [3.8, 4) is 5.69 Å². The minimum absolute atomic E-state index is 0.224. The number of hydrogen-bond acceptors (Lipinski definition) is 4. The fraction of sp³-hybridized carbons (Fsp3) is 0.0500. The molecule has 0 fully saturated rings. The molecule has 128 valence electrons. The molecular weight excluding hydrogens is 331 g/mol. The van der Waals surface area contributed by atoms with Crippen LogP contribution in [0.25, 0.3) is 16.6 Å². The summed E-state index contributed by atoms with van der Waals surface area (Å²) in [6.45, 7) is 1.86. The second-order valence-electron chi connectivity index (χ2n) is 5.83. The Morgan fingerprint density at radius 3 is 2.62 bits per heavy atom. The van der Waals surface area contributed by atoms with Crippen LogP contribution in [-0.2, 0) is 0 Å². The summed E-state index contributed by atoms with van der Waals surface area (Å²) in [6, 6.07) is 16.8. The highest BCUT2D eigenvalue weighted by Gasteiger charge is 2.14. The maximum atomic E-state index is 13.7. The third-order valence-electron chi connectivity index (χ3n) is 4.10. The second-order valence-corrected chi connectivity index (χ2v) is 5.83. The number of halogens is 1. The average molecular weight is 346 g/mol. The molecule has 0 aliphatic rings. The number of para-hydroxylation sites is 1. The fourth-order valence-corrected chi connectivity index (χ4v) is 2.80. The molecule has 4 aromatic rings. The molecule has 0 bridgehead atoms. The van der Waals surface area contributed by atoms with Gasteiger partial charge in [-0.1, -0.05) is 18.2 Å². The first-order chi connectivity index (χ1) is 12.6. The lowest BCUT2D eigenvalue weighted by molar-refractivity contribution is 0.629. The average Bonchev–Trinajstić information content (AvgIpc) is 2.65. The first-order valence-electron chi connectivity index (χ1n) is 8.10. The molecule has 1 N–H and O–H groups in total. The van der Waals surface area contributed by atoms with Crippen molar-refractivity contribution in [1.82, 2.24) is 14.5 Å². The molecular formula is C20H15FN4O. The van der Waals surface area contributed by atoms with Crippen LogP contribution in [0.15, 0.2) is 71.7 Å². The van der Waals surface area contributed by atoms with Crippen molar-refractivity contribution in [3.63, 3.8) is 0 Å². The zero-order valence-electron chi connectivity index (χ0n) is 14.0. The minimum Gasteiger partial charge on any atom is -0.324 e. The molecule has 0 atom stereocenters. The van der Waals surface area contributed by atoms with Crippen molar-refractivity contribution in [2.24, 2.45) is 0 Å². The molecule has 2 aromatic carbocycles. The molecule has 26 heavy (non-hydrogen) atoms. The lowest BCUT2D eigenvalue weighted by Crippen LogP contribution is -2.23.